The van der Waals surface area contributed by atoms with Crippen LogP contribution in [0.4, 0.5) is 0 Å². The van der Waals surface area contributed by atoms with Crippen LogP contribution in [0.3, 0.4) is 0 Å². The van der Waals surface area contributed by atoms with E-state index >= 15 is 0 Å². The number of methoxy groups -OCH3 is 2. The largest absolute Gasteiger partial charge is 0.496 e. The molecule has 0 radical (unpaired) electrons. The highest BCUT2D eigenvalue weighted by Crippen LogP contribution is 2.54. The average molecular weight is 587 g/mol. The summed E-state index contributed by atoms with van der Waals surface area (Å²) in [6.07, 6.45) is 7.98. The molecule has 0 spiro atoms. The number of hydrogen-bond acceptors (Lipinski definition) is 4. The summed E-state index contributed by atoms with van der Waals surface area (Å²) in [5.74, 6) is 0.466. The monoisotopic (exact) mass is 586 g/mol. The zero-order valence-corrected chi connectivity index (χ0v) is 29.4. The van der Waals surface area contributed by atoms with Gasteiger partial charge in [0.25, 0.3) is 0 Å². The number of halogens is 1. The smallest absolute Gasteiger partial charge is 0.341 e. The Hall–Kier alpha value is -1.69. The molecule has 0 rings (SSSR count). The van der Waals surface area contributed by atoms with Gasteiger partial charge in [0.15, 0.2) is 0 Å². The van der Waals surface area contributed by atoms with E-state index < -0.39 is 16.3 Å². The molecule has 0 aromatic rings. The van der Waals surface area contributed by atoms with Crippen molar-refractivity contribution in [1.29, 1.82) is 0 Å². The maximum absolute atomic E-state index is 11.5. The summed E-state index contributed by atoms with van der Waals surface area (Å²) in [7, 11) is 1.80. The molecule has 0 aliphatic rings. The molecular weight excluding hydrogens is 528 g/mol. The third-order valence-electron chi connectivity index (χ3n) is 6.21. The van der Waals surface area contributed by atoms with E-state index in [9.17, 15) is 4.79 Å². The van der Waals surface area contributed by atoms with Gasteiger partial charge in [0.05, 0.1) is 26.4 Å². The topological polar surface area (TPSA) is 44.8 Å². The van der Waals surface area contributed by atoms with Crippen LogP contribution in [-0.2, 0) is 18.5 Å². The van der Waals surface area contributed by atoms with Gasteiger partial charge in [0.2, 0.25) is 0 Å². The van der Waals surface area contributed by atoms with Crippen LogP contribution in [0.25, 0.3) is 0 Å². The summed E-state index contributed by atoms with van der Waals surface area (Å²) in [4.78, 5) is 11.5. The van der Waals surface area contributed by atoms with Gasteiger partial charge in [-0.15, -0.1) is 16.9 Å². The van der Waals surface area contributed by atoms with Gasteiger partial charge in [-0.3, -0.25) is 0 Å². The Morgan fingerprint density at radius 3 is 1.69 bits per heavy atom. The Morgan fingerprint density at radius 2 is 1.44 bits per heavy atom. The van der Waals surface area contributed by atoms with Gasteiger partial charge in [-0.25, -0.2) is 4.79 Å². The van der Waals surface area contributed by atoms with E-state index in [1.807, 2.05) is 41.5 Å². The number of carbonyl (C=O) groups is 1. The molecular formula is C33H59ClO4S. The van der Waals surface area contributed by atoms with Gasteiger partial charge in [-0.2, -0.15) is 0 Å². The summed E-state index contributed by atoms with van der Waals surface area (Å²) in [5.41, 5.74) is 5.63. The lowest BCUT2D eigenvalue weighted by Crippen LogP contribution is -2.27. The minimum atomic E-state index is -1.08. The number of ether oxygens (including phenoxy) is 2. The molecule has 0 bridgehead atoms. The maximum Gasteiger partial charge on any atom is 0.341 e. The molecule has 6 heteroatoms. The first kappa shape index (κ1) is 41.8. The molecule has 0 saturated heterocycles. The molecule has 1 unspecified atom stereocenters. The maximum atomic E-state index is 11.5. The molecule has 4 nitrogen and oxygen atoms in total. The molecule has 0 aromatic carbocycles. The van der Waals surface area contributed by atoms with Crippen molar-refractivity contribution < 1.29 is 18.5 Å². The van der Waals surface area contributed by atoms with E-state index in [1.165, 1.54) is 19.8 Å². The van der Waals surface area contributed by atoms with Crippen molar-refractivity contribution in [2.45, 2.75) is 93.7 Å². The third-order valence-corrected chi connectivity index (χ3v) is 10.1. The minimum Gasteiger partial charge on any atom is -0.496 e. The Kier molecular flexibility index (Phi) is 21.7. The molecule has 1 atom stereocenters. The Labute approximate surface area is 248 Å². The normalized spacial score (nSPS) is 14.2. The van der Waals surface area contributed by atoms with E-state index in [1.54, 1.807) is 13.0 Å². The molecule has 228 valence electrons. The Bertz CT molecular complexity index is 887. The molecule has 0 aromatic heterocycles. The van der Waals surface area contributed by atoms with E-state index in [4.69, 9.17) is 25.3 Å². The SMILES string of the molecule is C=C(C)/C(=C(\C)Cl)C(CC)COS(C)(C)C(C)(C)C.C=C(C)C.C=C(CC)/C(C)=C(OC)\C(=C/C)C(=O)OC. The number of carbonyl (C=O) groups excluding carboxylic acids is 1. The lowest BCUT2D eigenvalue weighted by atomic mass is 9.92. The highest BCUT2D eigenvalue weighted by Gasteiger charge is 2.30. The van der Waals surface area contributed by atoms with Gasteiger partial charge in [0, 0.05) is 15.7 Å². The lowest BCUT2D eigenvalue weighted by Gasteiger charge is -2.44. The van der Waals surface area contributed by atoms with Crippen LogP contribution in [0, 0.1) is 5.92 Å². The molecule has 0 saturated carbocycles. The first-order valence-electron chi connectivity index (χ1n) is 13.4. The fourth-order valence-electron chi connectivity index (χ4n) is 3.10. The van der Waals surface area contributed by atoms with Crippen molar-refractivity contribution in [2.24, 2.45) is 5.92 Å². The Morgan fingerprint density at radius 1 is 0.974 bits per heavy atom. The fraction of sp³-hybridized carbons (Fsp3) is 0.606. The van der Waals surface area contributed by atoms with Gasteiger partial charge in [0.1, 0.15) is 5.76 Å². The van der Waals surface area contributed by atoms with E-state index in [2.05, 4.69) is 59.9 Å². The zero-order chi connectivity index (χ0) is 31.7. The van der Waals surface area contributed by atoms with E-state index in [-0.39, 0.29) is 4.75 Å². The fourth-order valence-corrected chi connectivity index (χ4v) is 4.27. The molecule has 39 heavy (non-hydrogen) atoms. The lowest BCUT2D eigenvalue weighted by molar-refractivity contribution is -0.136. The van der Waals surface area contributed by atoms with Crippen molar-refractivity contribution in [3.8, 4) is 0 Å². The number of allylic oxidation sites excluding steroid dienone is 6. The second kappa shape index (κ2) is 20.2. The van der Waals surface area contributed by atoms with Crippen molar-refractivity contribution in [3.05, 3.63) is 70.0 Å². The Balaban J connectivity index is -0.000000590. The first-order chi connectivity index (χ1) is 17.7. The van der Waals surface area contributed by atoms with Crippen LogP contribution in [0.1, 0.15) is 89.0 Å². The summed E-state index contributed by atoms with van der Waals surface area (Å²) in [5, 5.41) is 0.839. The van der Waals surface area contributed by atoms with Gasteiger partial charge in [-0.1, -0.05) is 76.6 Å². The predicted molar refractivity (Wildman–Crippen MR) is 178 cm³/mol. The van der Waals surface area contributed by atoms with Crippen molar-refractivity contribution >= 4 is 27.9 Å². The van der Waals surface area contributed by atoms with E-state index in [0.29, 0.717) is 17.3 Å². The first-order valence-corrected chi connectivity index (χ1v) is 16.1. The summed E-state index contributed by atoms with van der Waals surface area (Å²) < 4.78 is 16.4. The molecule has 0 aliphatic carbocycles. The molecule has 0 fully saturated rings. The van der Waals surface area contributed by atoms with Gasteiger partial charge >= 0.3 is 5.97 Å². The predicted octanol–water partition coefficient (Wildman–Crippen LogP) is 10.5. The van der Waals surface area contributed by atoms with Crippen molar-refractivity contribution in [3.63, 3.8) is 0 Å². The second-order valence-corrected chi connectivity index (χ2v) is 15.5. The highest BCUT2D eigenvalue weighted by atomic mass is 35.5. The molecule has 0 amide bonds. The zero-order valence-electron chi connectivity index (χ0n) is 27.8. The van der Waals surface area contributed by atoms with Crippen LogP contribution in [0.5, 0.6) is 0 Å². The molecule has 0 heterocycles. The molecule has 0 N–H and O–H groups in total. The standard InChI is InChI=1S/C16H31ClOS.C13H20O3.C4H8/c1-10-14(15(12(2)3)13(4)17)11-18-19(8,9)16(5,6)7;1-7-9(3)10(4)12(15-5)11(8-2)13(14)16-6;1-4(2)3/h14H,2,10-11H2,1,3-9H3;8H,3,7H2,1-2,4-6H3;1H2,2-3H3/b15-13-;11-8+,12-10+;. The summed E-state index contributed by atoms with van der Waals surface area (Å²) in [6, 6.07) is 0. The highest BCUT2D eigenvalue weighted by molar-refractivity contribution is 8.29. The third kappa shape index (κ3) is 16.2. The second-order valence-electron chi connectivity index (χ2n) is 11.0. The van der Waals surface area contributed by atoms with Gasteiger partial charge < -0.3 is 13.7 Å². The average Bonchev–Trinajstić information content (AvgIpc) is 2.82. The minimum absolute atomic E-state index is 0.189. The van der Waals surface area contributed by atoms with Crippen LogP contribution >= 0.6 is 21.9 Å². The van der Waals surface area contributed by atoms with Crippen LogP contribution < -0.4 is 0 Å². The van der Waals surface area contributed by atoms with Crippen molar-refractivity contribution in [2.75, 3.05) is 33.3 Å². The summed E-state index contributed by atoms with van der Waals surface area (Å²) >= 11 is 6.22. The van der Waals surface area contributed by atoms with Crippen LogP contribution in [-0.4, -0.2) is 44.1 Å². The van der Waals surface area contributed by atoms with Crippen molar-refractivity contribution in [1.82, 2.24) is 0 Å². The summed E-state index contributed by atoms with van der Waals surface area (Å²) in [6.45, 7) is 34.7. The van der Waals surface area contributed by atoms with E-state index in [0.717, 1.165) is 46.8 Å². The quantitative estimate of drug-likeness (QED) is 0.0794. The number of esters is 1. The number of rotatable bonds is 11. The van der Waals surface area contributed by atoms with Crippen LogP contribution in [0.2, 0.25) is 0 Å². The number of hydrogen-bond donors (Lipinski definition) is 0. The molecule has 0 aliphatic heterocycles. The van der Waals surface area contributed by atoms with Crippen LogP contribution in [0.15, 0.2) is 70.0 Å². The van der Waals surface area contributed by atoms with Gasteiger partial charge in [-0.05, 0) is 83.6 Å².